The van der Waals surface area contributed by atoms with E-state index in [0.717, 1.165) is 0 Å². The van der Waals surface area contributed by atoms with Gasteiger partial charge in [0.1, 0.15) is 0 Å². The van der Waals surface area contributed by atoms with Crippen LogP contribution in [0.15, 0.2) is 5.16 Å². The Hall–Kier alpha value is -0.820. The Kier molecular flexibility index (Phi) is 3.90. The van der Waals surface area contributed by atoms with Crippen LogP contribution in [0.1, 0.15) is 27.7 Å². The van der Waals surface area contributed by atoms with Crippen LogP contribution in [0.25, 0.3) is 0 Å². The van der Waals surface area contributed by atoms with Gasteiger partial charge in [0.2, 0.25) is 10.0 Å². The molecule has 4 N–H and O–H groups in total. The number of oxime groups is 1. The standard InChI is InChI=1S/C7H17N3O3S/c1-5(6(8)9-11)10-14(12,13)7(2,3)4/h5,10-11H,1-4H3,(H2,8,9). The van der Waals surface area contributed by atoms with E-state index in [1.54, 1.807) is 20.8 Å². The minimum absolute atomic E-state index is 0.169. The van der Waals surface area contributed by atoms with Crippen molar-refractivity contribution in [2.24, 2.45) is 10.9 Å². The molecule has 0 heterocycles. The van der Waals surface area contributed by atoms with Gasteiger partial charge in [-0.2, -0.15) is 0 Å². The summed E-state index contributed by atoms with van der Waals surface area (Å²) in [6.45, 7) is 6.19. The lowest BCUT2D eigenvalue weighted by Gasteiger charge is -2.22. The van der Waals surface area contributed by atoms with Gasteiger partial charge in [-0.1, -0.05) is 5.16 Å². The maximum atomic E-state index is 11.6. The first-order chi connectivity index (χ1) is 6.12. The molecule has 1 atom stereocenters. The van der Waals surface area contributed by atoms with Crippen molar-refractivity contribution >= 4 is 15.9 Å². The maximum absolute atomic E-state index is 11.6. The average molecular weight is 223 g/mol. The topological polar surface area (TPSA) is 105 Å². The maximum Gasteiger partial charge on any atom is 0.217 e. The Bertz CT molecular complexity index is 316. The molecule has 0 aliphatic heterocycles. The highest BCUT2D eigenvalue weighted by molar-refractivity contribution is 7.90. The Labute approximate surface area is 84.2 Å². The monoisotopic (exact) mass is 223 g/mol. The van der Waals surface area contributed by atoms with Crippen molar-refractivity contribution in [2.75, 3.05) is 0 Å². The van der Waals surface area contributed by atoms with Crippen molar-refractivity contribution in [1.82, 2.24) is 4.72 Å². The van der Waals surface area contributed by atoms with E-state index in [-0.39, 0.29) is 5.84 Å². The molecule has 0 radical (unpaired) electrons. The lowest BCUT2D eigenvalue weighted by atomic mass is 10.3. The normalized spacial score (nSPS) is 16.7. The van der Waals surface area contributed by atoms with E-state index in [0.29, 0.717) is 0 Å². The van der Waals surface area contributed by atoms with E-state index in [1.807, 2.05) is 0 Å². The fourth-order valence-corrected chi connectivity index (χ4v) is 1.50. The van der Waals surface area contributed by atoms with E-state index in [9.17, 15) is 8.42 Å². The van der Waals surface area contributed by atoms with Crippen LogP contribution in [-0.4, -0.2) is 30.2 Å². The third kappa shape index (κ3) is 3.15. The molecular formula is C7H17N3O3S. The molecule has 14 heavy (non-hydrogen) atoms. The van der Waals surface area contributed by atoms with Crippen LogP contribution in [-0.2, 0) is 10.0 Å². The summed E-state index contributed by atoms with van der Waals surface area (Å²) < 4.78 is 24.5. The summed E-state index contributed by atoms with van der Waals surface area (Å²) in [7, 11) is -3.47. The summed E-state index contributed by atoms with van der Waals surface area (Å²) in [6.07, 6.45) is 0. The molecule has 0 fully saturated rings. The summed E-state index contributed by atoms with van der Waals surface area (Å²) >= 11 is 0. The summed E-state index contributed by atoms with van der Waals surface area (Å²) in [5.74, 6) is -0.169. The minimum Gasteiger partial charge on any atom is -0.409 e. The first-order valence-corrected chi connectivity index (χ1v) is 5.59. The van der Waals surface area contributed by atoms with Gasteiger partial charge in [-0.3, -0.25) is 0 Å². The quantitative estimate of drug-likeness (QED) is 0.267. The third-order valence-corrected chi connectivity index (χ3v) is 3.97. The van der Waals surface area contributed by atoms with Gasteiger partial charge in [-0.05, 0) is 27.7 Å². The van der Waals surface area contributed by atoms with Crippen LogP contribution < -0.4 is 10.5 Å². The van der Waals surface area contributed by atoms with Crippen molar-refractivity contribution in [3.63, 3.8) is 0 Å². The smallest absolute Gasteiger partial charge is 0.217 e. The first-order valence-electron chi connectivity index (χ1n) is 4.11. The largest absolute Gasteiger partial charge is 0.409 e. The number of nitrogens with one attached hydrogen (secondary N) is 1. The van der Waals surface area contributed by atoms with Crippen LogP contribution in [0.4, 0.5) is 0 Å². The van der Waals surface area contributed by atoms with Gasteiger partial charge < -0.3 is 10.9 Å². The van der Waals surface area contributed by atoms with Crippen molar-refractivity contribution in [2.45, 2.75) is 38.5 Å². The predicted octanol–water partition coefficient (Wildman–Crippen LogP) is -0.161. The van der Waals surface area contributed by atoms with Crippen molar-refractivity contribution in [3.8, 4) is 0 Å². The molecule has 0 aliphatic carbocycles. The van der Waals surface area contributed by atoms with Gasteiger partial charge in [0.25, 0.3) is 0 Å². The van der Waals surface area contributed by atoms with Crippen LogP contribution in [0.2, 0.25) is 0 Å². The summed E-state index contributed by atoms with van der Waals surface area (Å²) in [6, 6.07) is -0.718. The number of amidine groups is 1. The van der Waals surface area contributed by atoms with Crippen LogP contribution in [0.3, 0.4) is 0 Å². The van der Waals surface area contributed by atoms with Gasteiger partial charge in [-0.15, -0.1) is 0 Å². The molecule has 1 unspecified atom stereocenters. The molecule has 84 valence electrons. The van der Waals surface area contributed by atoms with E-state index >= 15 is 0 Å². The molecule has 0 bridgehead atoms. The van der Waals surface area contributed by atoms with E-state index < -0.39 is 20.8 Å². The molecule has 0 saturated carbocycles. The summed E-state index contributed by atoms with van der Waals surface area (Å²) in [5, 5.41) is 11.1. The molecule has 0 spiro atoms. The van der Waals surface area contributed by atoms with E-state index in [4.69, 9.17) is 10.9 Å². The van der Waals surface area contributed by atoms with E-state index in [2.05, 4.69) is 9.88 Å². The average Bonchev–Trinajstić information content (AvgIpc) is 2.00. The SMILES string of the molecule is CC(NS(=O)(=O)C(C)(C)C)C(N)=NO. The molecule has 0 amide bonds. The number of nitrogens with two attached hydrogens (primary N) is 1. The second-order valence-electron chi connectivity index (χ2n) is 3.98. The lowest BCUT2D eigenvalue weighted by molar-refractivity contribution is 0.316. The zero-order valence-corrected chi connectivity index (χ0v) is 9.59. The van der Waals surface area contributed by atoms with E-state index in [1.165, 1.54) is 6.92 Å². The van der Waals surface area contributed by atoms with Gasteiger partial charge in [-0.25, -0.2) is 13.1 Å². The van der Waals surface area contributed by atoms with Crippen LogP contribution >= 0.6 is 0 Å². The molecule has 0 aromatic heterocycles. The predicted molar refractivity (Wildman–Crippen MR) is 54.7 cm³/mol. The van der Waals surface area contributed by atoms with Gasteiger partial charge in [0.05, 0.1) is 10.8 Å². The molecule has 6 nitrogen and oxygen atoms in total. The Morgan fingerprint density at radius 3 is 2.21 bits per heavy atom. The van der Waals surface area contributed by atoms with Crippen molar-refractivity contribution < 1.29 is 13.6 Å². The fourth-order valence-electron chi connectivity index (χ4n) is 0.556. The summed E-state index contributed by atoms with van der Waals surface area (Å²) in [4.78, 5) is 0. The second kappa shape index (κ2) is 4.14. The highest BCUT2D eigenvalue weighted by Crippen LogP contribution is 2.13. The second-order valence-corrected chi connectivity index (χ2v) is 6.45. The zero-order chi connectivity index (χ0) is 11.6. The number of sulfonamides is 1. The zero-order valence-electron chi connectivity index (χ0n) is 8.77. The third-order valence-electron chi connectivity index (χ3n) is 1.70. The number of rotatable bonds is 3. The molecule has 0 aromatic rings. The van der Waals surface area contributed by atoms with Gasteiger partial charge in [0, 0.05) is 0 Å². The molecule has 0 aromatic carbocycles. The van der Waals surface area contributed by atoms with Gasteiger partial charge in [0.15, 0.2) is 5.84 Å². The highest BCUT2D eigenvalue weighted by atomic mass is 32.2. The Balaban J connectivity index is 4.72. The molecule has 0 aliphatic rings. The number of hydrogen-bond donors (Lipinski definition) is 3. The molecule has 0 saturated heterocycles. The number of hydrogen-bond acceptors (Lipinski definition) is 4. The Morgan fingerprint density at radius 1 is 1.50 bits per heavy atom. The number of nitrogens with zero attached hydrogens (tertiary/aromatic N) is 1. The van der Waals surface area contributed by atoms with Crippen molar-refractivity contribution in [3.05, 3.63) is 0 Å². The minimum atomic E-state index is -3.47. The van der Waals surface area contributed by atoms with Crippen LogP contribution in [0.5, 0.6) is 0 Å². The van der Waals surface area contributed by atoms with Gasteiger partial charge >= 0.3 is 0 Å². The fraction of sp³-hybridized carbons (Fsp3) is 0.857. The lowest BCUT2D eigenvalue weighted by Crippen LogP contribution is -2.48. The molecular weight excluding hydrogens is 206 g/mol. The highest BCUT2D eigenvalue weighted by Gasteiger charge is 2.30. The molecule has 0 rings (SSSR count). The van der Waals surface area contributed by atoms with Crippen LogP contribution in [0, 0.1) is 0 Å². The molecule has 7 heteroatoms. The summed E-state index contributed by atoms with van der Waals surface area (Å²) in [5.41, 5.74) is 5.24. The first kappa shape index (κ1) is 13.2. The van der Waals surface area contributed by atoms with Crippen molar-refractivity contribution in [1.29, 1.82) is 0 Å². The Morgan fingerprint density at radius 2 is 1.93 bits per heavy atom.